The summed E-state index contributed by atoms with van der Waals surface area (Å²) >= 11 is 5.94. The predicted molar refractivity (Wildman–Crippen MR) is 92.7 cm³/mol. The minimum absolute atomic E-state index is 0.138. The molecule has 0 aliphatic carbocycles. The molecule has 2 aromatic carbocycles. The van der Waals surface area contributed by atoms with Gasteiger partial charge in [0.2, 0.25) is 0 Å². The lowest BCUT2D eigenvalue weighted by atomic mass is 10.2. The topological polar surface area (TPSA) is 64.6 Å². The molecule has 2 rings (SSSR count). The smallest absolute Gasteiger partial charge is 0.416 e. The van der Waals surface area contributed by atoms with E-state index in [0.717, 1.165) is 18.2 Å². The van der Waals surface area contributed by atoms with Crippen molar-refractivity contribution >= 4 is 29.2 Å². The molecule has 5 nitrogen and oxygen atoms in total. The second-order valence-electron chi connectivity index (χ2n) is 5.44. The summed E-state index contributed by atoms with van der Waals surface area (Å²) in [6, 6.07) is 9.03. The van der Waals surface area contributed by atoms with Crippen molar-refractivity contribution in [2.24, 2.45) is 0 Å². The van der Waals surface area contributed by atoms with Crippen molar-refractivity contribution in [2.45, 2.75) is 13.1 Å². The van der Waals surface area contributed by atoms with Gasteiger partial charge in [0, 0.05) is 10.7 Å². The number of carbonyl (C=O) groups excluding carboxylic acids is 2. The molecule has 1 N–H and O–H groups in total. The summed E-state index contributed by atoms with van der Waals surface area (Å²) in [6.07, 6.45) is -4.52. The highest BCUT2D eigenvalue weighted by molar-refractivity contribution is 6.31. The van der Waals surface area contributed by atoms with Crippen molar-refractivity contribution < 1.29 is 32.2 Å². The molecule has 0 fully saturated rings. The van der Waals surface area contributed by atoms with Crippen LogP contribution in [0.3, 0.4) is 0 Å². The maximum Gasteiger partial charge on any atom is 0.416 e. The van der Waals surface area contributed by atoms with Gasteiger partial charge in [-0.05, 0) is 42.8 Å². The number of amides is 1. The summed E-state index contributed by atoms with van der Waals surface area (Å²) in [7, 11) is 0. The molecule has 9 heteroatoms. The third-order valence-corrected chi connectivity index (χ3v) is 3.83. The predicted octanol–water partition coefficient (Wildman–Crippen LogP) is 4.23. The molecule has 0 saturated carbocycles. The Kier molecular flexibility index (Phi) is 6.68. The molecule has 0 heterocycles. The van der Waals surface area contributed by atoms with Crippen LogP contribution >= 0.6 is 11.6 Å². The highest BCUT2D eigenvalue weighted by atomic mass is 35.5. The van der Waals surface area contributed by atoms with Crippen LogP contribution in [0, 0.1) is 6.92 Å². The minimum Gasteiger partial charge on any atom is -0.482 e. The van der Waals surface area contributed by atoms with Crippen LogP contribution in [0.5, 0.6) is 5.75 Å². The molecule has 0 saturated heterocycles. The number of carbonyl (C=O) groups is 2. The summed E-state index contributed by atoms with van der Waals surface area (Å²) in [5, 5.41) is 3.01. The molecule has 0 bridgehead atoms. The van der Waals surface area contributed by atoms with Gasteiger partial charge in [0.15, 0.2) is 13.2 Å². The van der Waals surface area contributed by atoms with Crippen LogP contribution in [-0.4, -0.2) is 25.1 Å². The quantitative estimate of drug-likeness (QED) is 0.736. The zero-order valence-electron chi connectivity index (χ0n) is 14.1. The van der Waals surface area contributed by atoms with Crippen LogP contribution < -0.4 is 10.1 Å². The number of halogens is 4. The van der Waals surface area contributed by atoms with Gasteiger partial charge < -0.3 is 14.8 Å². The standard InChI is InChI=1S/C18H15ClF3NO4/c1-11-14(19)6-3-7-15(11)23-16(24)9-27-17(25)10-26-13-5-2-4-12(8-13)18(20,21)22/h2-8H,9-10H2,1H3,(H,23,24). The molecule has 0 unspecified atom stereocenters. The number of rotatable bonds is 6. The van der Waals surface area contributed by atoms with Gasteiger partial charge in [-0.25, -0.2) is 4.79 Å². The maximum absolute atomic E-state index is 12.6. The number of anilines is 1. The van der Waals surface area contributed by atoms with E-state index in [1.807, 2.05) is 0 Å². The molecule has 144 valence electrons. The Morgan fingerprint density at radius 1 is 1.11 bits per heavy atom. The monoisotopic (exact) mass is 401 g/mol. The molecule has 27 heavy (non-hydrogen) atoms. The van der Waals surface area contributed by atoms with E-state index in [4.69, 9.17) is 21.1 Å². The average Bonchev–Trinajstić information content (AvgIpc) is 2.61. The van der Waals surface area contributed by atoms with Gasteiger partial charge in [0.05, 0.1) is 5.56 Å². The Morgan fingerprint density at radius 2 is 1.81 bits per heavy atom. The van der Waals surface area contributed by atoms with Gasteiger partial charge >= 0.3 is 12.1 Å². The van der Waals surface area contributed by atoms with E-state index in [2.05, 4.69) is 5.32 Å². The number of alkyl halides is 3. The fraction of sp³-hybridized carbons (Fsp3) is 0.222. The molecule has 0 aliphatic rings. The van der Waals surface area contributed by atoms with E-state index < -0.39 is 36.8 Å². The highest BCUT2D eigenvalue weighted by Crippen LogP contribution is 2.31. The number of ether oxygens (including phenoxy) is 2. The Balaban J connectivity index is 1.81. The number of hydrogen-bond donors (Lipinski definition) is 1. The fourth-order valence-corrected chi connectivity index (χ4v) is 2.20. The molecule has 2 aromatic rings. The van der Waals surface area contributed by atoms with Crippen LogP contribution in [0.2, 0.25) is 5.02 Å². The third-order valence-electron chi connectivity index (χ3n) is 3.42. The van der Waals surface area contributed by atoms with Crippen LogP contribution in [0.15, 0.2) is 42.5 Å². The maximum atomic E-state index is 12.6. The van der Waals surface area contributed by atoms with Crippen molar-refractivity contribution in [1.82, 2.24) is 0 Å². The van der Waals surface area contributed by atoms with Gasteiger partial charge in [0.25, 0.3) is 5.91 Å². The van der Waals surface area contributed by atoms with Crippen LogP contribution in [-0.2, 0) is 20.5 Å². The van der Waals surface area contributed by atoms with E-state index in [0.29, 0.717) is 16.3 Å². The number of esters is 1. The van der Waals surface area contributed by atoms with Gasteiger partial charge in [-0.1, -0.05) is 23.7 Å². The first kappa shape index (κ1) is 20.6. The van der Waals surface area contributed by atoms with Gasteiger partial charge in [0.1, 0.15) is 5.75 Å². The Labute approximate surface area is 158 Å². The Hall–Kier alpha value is -2.74. The molecule has 0 atom stereocenters. The fourth-order valence-electron chi connectivity index (χ4n) is 2.02. The summed E-state index contributed by atoms with van der Waals surface area (Å²) in [6.45, 7) is 0.508. The van der Waals surface area contributed by atoms with Crippen LogP contribution in [0.4, 0.5) is 18.9 Å². The second-order valence-corrected chi connectivity index (χ2v) is 5.84. The molecule has 0 spiro atoms. The molecule has 1 amide bonds. The number of benzene rings is 2. The summed E-state index contributed by atoms with van der Waals surface area (Å²) < 4.78 is 47.5. The van der Waals surface area contributed by atoms with E-state index >= 15 is 0 Å². The largest absolute Gasteiger partial charge is 0.482 e. The van der Waals surface area contributed by atoms with E-state index in [-0.39, 0.29) is 5.75 Å². The molecule has 0 aromatic heterocycles. The summed E-state index contributed by atoms with van der Waals surface area (Å²) in [4.78, 5) is 23.4. The lowest BCUT2D eigenvalue weighted by molar-refractivity contribution is -0.149. The van der Waals surface area contributed by atoms with Gasteiger partial charge in [-0.3, -0.25) is 4.79 Å². The summed E-state index contributed by atoms with van der Waals surface area (Å²) in [5.74, 6) is -1.63. The number of hydrogen-bond acceptors (Lipinski definition) is 4. The van der Waals surface area contributed by atoms with Crippen molar-refractivity contribution in [2.75, 3.05) is 18.5 Å². The zero-order chi connectivity index (χ0) is 20.0. The van der Waals surface area contributed by atoms with Crippen LogP contribution in [0.25, 0.3) is 0 Å². The van der Waals surface area contributed by atoms with Crippen molar-refractivity contribution in [1.29, 1.82) is 0 Å². The van der Waals surface area contributed by atoms with Gasteiger partial charge in [-0.15, -0.1) is 0 Å². The third kappa shape index (κ3) is 6.18. The van der Waals surface area contributed by atoms with E-state index in [1.165, 1.54) is 6.07 Å². The summed E-state index contributed by atoms with van der Waals surface area (Å²) in [5.41, 5.74) is 0.236. The van der Waals surface area contributed by atoms with Crippen molar-refractivity contribution in [3.63, 3.8) is 0 Å². The van der Waals surface area contributed by atoms with Crippen molar-refractivity contribution in [3.8, 4) is 5.75 Å². The molecule has 0 aliphatic heterocycles. The van der Waals surface area contributed by atoms with Gasteiger partial charge in [-0.2, -0.15) is 13.2 Å². The first-order chi connectivity index (χ1) is 12.7. The normalized spacial score (nSPS) is 11.0. The zero-order valence-corrected chi connectivity index (χ0v) is 14.9. The second kappa shape index (κ2) is 8.77. The first-order valence-electron chi connectivity index (χ1n) is 7.67. The SMILES string of the molecule is Cc1c(Cl)cccc1NC(=O)COC(=O)COc1cccc(C(F)(F)F)c1. The van der Waals surface area contributed by atoms with Crippen LogP contribution in [0.1, 0.15) is 11.1 Å². The average molecular weight is 402 g/mol. The molecular weight excluding hydrogens is 387 g/mol. The van der Waals surface area contributed by atoms with Crippen molar-refractivity contribution in [3.05, 3.63) is 58.6 Å². The first-order valence-corrected chi connectivity index (χ1v) is 8.05. The molecule has 0 radical (unpaired) electrons. The Morgan fingerprint density at radius 3 is 2.52 bits per heavy atom. The lowest BCUT2D eigenvalue weighted by Gasteiger charge is -2.11. The minimum atomic E-state index is -4.52. The Bertz CT molecular complexity index is 840. The van der Waals surface area contributed by atoms with E-state index in [9.17, 15) is 22.8 Å². The molecular formula is C18H15ClF3NO4. The van der Waals surface area contributed by atoms with E-state index in [1.54, 1.807) is 25.1 Å². The number of nitrogens with one attached hydrogen (secondary N) is 1. The lowest BCUT2D eigenvalue weighted by Crippen LogP contribution is -2.24. The highest BCUT2D eigenvalue weighted by Gasteiger charge is 2.30.